The van der Waals surface area contributed by atoms with E-state index in [-0.39, 0.29) is 12.4 Å². The van der Waals surface area contributed by atoms with Gasteiger partial charge in [-0.2, -0.15) is 0 Å². The molecule has 1 aromatic carbocycles. The predicted octanol–water partition coefficient (Wildman–Crippen LogP) is 0.888. The zero-order chi connectivity index (χ0) is 19.4. The molecule has 3 rings (SSSR count). The third kappa shape index (κ3) is 4.34. The first kappa shape index (κ1) is 18.6. The summed E-state index contributed by atoms with van der Waals surface area (Å²) in [6.45, 7) is 1.72. The molecule has 2 N–H and O–H groups in total. The topological polar surface area (TPSA) is 123 Å². The largest absolute Gasteiger partial charge is 0.468 e. The van der Waals surface area contributed by atoms with Crippen LogP contribution < -0.4 is 11.2 Å². The van der Waals surface area contributed by atoms with Crippen molar-refractivity contribution in [2.75, 3.05) is 7.11 Å². The second kappa shape index (κ2) is 8.04. The van der Waals surface area contributed by atoms with Gasteiger partial charge in [0.1, 0.15) is 11.1 Å². The van der Waals surface area contributed by atoms with Crippen LogP contribution in [0.3, 0.4) is 0 Å². The highest BCUT2D eigenvalue weighted by atomic mass is 32.2. The number of rotatable bonds is 6. The second-order valence-electron chi connectivity index (χ2n) is 5.64. The number of para-hydroxylation sites is 1. The quantitative estimate of drug-likeness (QED) is 0.476. The van der Waals surface area contributed by atoms with Crippen LogP contribution in [0, 0.1) is 0 Å². The second-order valence-corrected chi connectivity index (χ2v) is 6.95. The molecule has 27 heavy (non-hydrogen) atoms. The summed E-state index contributed by atoms with van der Waals surface area (Å²) in [6, 6.07) is 10.7. The van der Waals surface area contributed by atoms with Crippen LogP contribution in [0.4, 0.5) is 0 Å². The maximum atomic E-state index is 11.8. The number of ether oxygens (including phenoxy) is 1. The summed E-state index contributed by atoms with van der Waals surface area (Å²) < 4.78 is 6.54. The summed E-state index contributed by atoms with van der Waals surface area (Å²) in [5.74, 6) is 0.144. The summed E-state index contributed by atoms with van der Waals surface area (Å²) in [5, 5.41) is 8.39. The van der Waals surface area contributed by atoms with Crippen LogP contribution in [-0.2, 0) is 16.0 Å². The van der Waals surface area contributed by atoms with Crippen LogP contribution in [0.1, 0.15) is 18.4 Å². The van der Waals surface area contributed by atoms with Crippen molar-refractivity contribution in [3.8, 4) is 5.69 Å². The fourth-order valence-corrected chi connectivity index (χ4v) is 3.40. The van der Waals surface area contributed by atoms with E-state index in [2.05, 4.69) is 20.2 Å². The summed E-state index contributed by atoms with van der Waals surface area (Å²) >= 11 is 1.21. The van der Waals surface area contributed by atoms with Gasteiger partial charge in [-0.25, -0.2) is 4.79 Å². The molecule has 140 valence electrons. The van der Waals surface area contributed by atoms with E-state index in [0.29, 0.717) is 16.7 Å². The van der Waals surface area contributed by atoms with Crippen LogP contribution >= 0.6 is 11.8 Å². The van der Waals surface area contributed by atoms with E-state index in [4.69, 9.17) is 4.74 Å². The molecule has 0 bridgehead atoms. The van der Waals surface area contributed by atoms with Crippen molar-refractivity contribution in [1.29, 1.82) is 0 Å². The Morgan fingerprint density at radius 3 is 2.63 bits per heavy atom. The Balaban J connectivity index is 2.02. The van der Waals surface area contributed by atoms with Crippen LogP contribution in [0.15, 0.2) is 51.1 Å². The van der Waals surface area contributed by atoms with Gasteiger partial charge < -0.3 is 9.72 Å². The van der Waals surface area contributed by atoms with Gasteiger partial charge in [0.25, 0.3) is 5.56 Å². The monoisotopic (exact) mass is 387 g/mol. The Hall–Kier alpha value is -3.14. The van der Waals surface area contributed by atoms with Crippen molar-refractivity contribution in [1.82, 2.24) is 24.7 Å². The molecule has 0 aliphatic carbocycles. The number of carbonyl (C=O) groups excluding carboxylic acids is 1. The SMILES string of the molecule is COC(=O)C(C)Sc1nnc(Cc2cc(=O)[nH]c(=O)[nH]2)n1-c1ccccc1. The molecule has 1 unspecified atom stereocenters. The van der Waals surface area contributed by atoms with Crippen LogP contribution in [0.25, 0.3) is 5.69 Å². The molecule has 9 nitrogen and oxygen atoms in total. The van der Waals surface area contributed by atoms with Gasteiger partial charge in [0.2, 0.25) is 0 Å². The molecule has 0 radical (unpaired) electrons. The average Bonchev–Trinajstić information content (AvgIpc) is 3.02. The van der Waals surface area contributed by atoms with Crippen molar-refractivity contribution in [3.05, 3.63) is 68.8 Å². The Labute approximate surface area is 157 Å². The lowest BCUT2D eigenvalue weighted by Gasteiger charge is -2.12. The average molecular weight is 387 g/mol. The van der Waals surface area contributed by atoms with Gasteiger partial charge in [-0.05, 0) is 19.1 Å². The molecule has 10 heteroatoms. The van der Waals surface area contributed by atoms with E-state index < -0.39 is 16.5 Å². The minimum absolute atomic E-state index is 0.189. The number of esters is 1. The molecule has 1 atom stereocenters. The lowest BCUT2D eigenvalue weighted by Crippen LogP contribution is -2.23. The van der Waals surface area contributed by atoms with Crippen LogP contribution in [-0.4, -0.2) is 43.1 Å². The van der Waals surface area contributed by atoms with Crippen LogP contribution in [0.5, 0.6) is 0 Å². The van der Waals surface area contributed by atoms with Crippen molar-refractivity contribution < 1.29 is 9.53 Å². The molecular formula is C17H17N5O4S. The zero-order valence-electron chi connectivity index (χ0n) is 14.6. The summed E-state index contributed by atoms with van der Waals surface area (Å²) in [4.78, 5) is 39.5. The minimum Gasteiger partial charge on any atom is -0.468 e. The van der Waals surface area contributed by atoms with E-state index in [9.17, 15) is 14.4 Å². The highest BCUT2D eigenvalue weighted by Gasteiger charge is 2.21. The minimum atomic E-state index is -0.586. The van der Waals surface area contributed by atoms with Gasteiger partial charge >= 0.3 is 11.7 Å². The number of nitrogens with zero attached hydrogens (tertiary/aromatic N) is 3. The van der Waals surface area contributed by atoms with Crippen molar-refractivity contribution >= 4 is 17.7 Å². The van der Waals surface area contributed by atoms with E-state index >= 15 is 0 Å². The summed E-state index contributed by atoms with van der Waals surface area (Å²) in [5.41, 5.74) is 0.126. The standard InChI is InChI=1S/C17H17N5O4S/c1-10(15(24)26-2)27-17-21-20-13(22(17)12-6-4-3-5-7-12)8-11-9-14(23)19-16(25)18-11/h3-7,9-10H,8H2,1-2H3,(H2,18,19,23,25). The van der Waals surface area contributed by atoms with Gasteiger partial charge in [-0.15, -0.1) is 10.2 Å². The Morgan fingerprint density at radius 1 is 1.22 bits per heavy atom. The Morgan fingerprint density at radius 2 is 1.96 bits per heavy atom. The summed E-state index contributed by atoms with van der Waals surface area (Å²) in [6.07, 6.45) is 0.189. The number of aromatic amines is 2. The maximum absolute atomic E-state index is 11.8. The van der Waals surface area contributed by atoms with Gasteiger partial charge in [0.05, 0.1) is 7.11 Å². The summed E-state index contributed by atoms with van der Waals surface area (Å²) in [7, 11) is 1.33. The molecule has 0 amide bonds. The number of hydrogen-bond donors (Lipinski definition) is 2. The molecule has 2 aromatic heterocycles. The maximum Gasteiger partial charge on any atom is 0.325 e. The third-order valence-corrected chi connectivity index (χ3v) is 4.72. The number of carbonyl (C=O) groups is 1. The number of nitrogens with one attached hydrogen (secondary N) is 2. The number of hydrogen-bond acceptors (Lipinski definition) is 7. The molecule has 2 heterocycles. The van der Waals surface area contributed by atoms with Gasteiger partial charge in [-0.1, -0.05) is 30.0 Å². The first-order valence-corrected chi connectivity index (χ1v) is 8.92. The predicted molar refractivity (Wildman–Crippen MR) is 99.2 cm³/mol. The van der Waals surface area contributed by atoms with E-state index in [1.807, 2.05) is 30.3 Å². The number of aromatic nitrogens is 5. The number of H-pyrrole nitrogens is 2. The fraction of sp³-hybridized carbons (Fsp3) is 0.235. The van der Waals surface area contributed by atoms with Gasteiger partial charge in [-0.3, -0.25) is 19.1 Å². The molecule has 0 aliphatic rings. The molecular weight excluding hydrogens is 370 g/mol. The highest BCUT2D eigenvalue weighted by molar-refractivity contribution is 8.00. The lowest BCUT2D eigenvalue weighted by atomic mass is 10.2. The molecule has 0 saturated carbocycles. The fourth-order valence-electron chi connectivity index (χ4n) is 2.48. The number of benzene rings is 1. The van der Waals surface area contributed by atoms with E-state index in [1.165, 1.54) is 24.9 Å². The molecule has 3 aromatic rings. The normalized spacial score (nSPS) is 11.9. The lowest BCUT2D eigenvalue weighted by molar-refractivity contribution is -0.139. The van der Waals surface area contributed by atoms with E-state index in [0.717, 1.165) is 5.69 Å². The smallest absolute Gasteiger partial charge is 0.325 e. The van der Waals surface area contributed by atoms with Crippen molar-refractivity contribution in [2.45, 2.75) is 23.8 Å². The molecule has 0 fully saturated rings. The zero-order valence-corrected chi connectivity index (χ0v) is 15.4. The van der Waals surface area contributed by atoms with Crippen molar-refractivity contribution in [2.24, 2.45) is 0 Å². The highest BCUT2D eigenvalue weighted by Crippen LogP contribution is 2.26. The van der Waals surface area contributed by atoms with Gasteiger partial charge in [0.15, 0.2) is 5.16 Å². The molecule has 0 spiro atoms. The first-order chi connectivity index (χ1) is 13.0. The Bertz CT molecular complexity index is 1030. The first-order valence-electron chi connectivity index (χ1n) is 8.04. The number of thioether (sulfide) groups is 1. The van der Waals surface area contributed by atoms with Crippen molar-refractivity contribution in [3.63, 3.8) is 0 Å². The van der Waals surface area contributed by atoms with Crippen LogP contribution in [0.2, 0.25) is 0 Å². The van der Waals surface area contributed by atoms with E-state index in [1.54, 1.807) is 11.5 Å². The Kier molecular flexibility index (Phi) is 5.55. The van der Waals surface area contributed by atoms with Gasteiger partial charge in [0, 0.05) is 23.9 Å². The molecule has 0 aliphatic heterocycles. The molecule has 0 saturated heterocycles. The third-order valence-electron chi connectivity index (χ3n) is 3.69. The number of methoxy groups -OCH3 is 1.